The van der Waals surface area contributed by atoms with Crippen LogP contribution in [0.25, 0.3) is 0 Å². The van der Waals surface area contributed by atoms with Crippen LogP contribution in [-0.4, -0.2) is 31.6 Å². The van der Waals surface area contributed by atoms with E-state index in [0.29, 0.717) is 6.04 Å². The molecule has 1 saturated carbocycles. The van der Waals surface area contributed by atoms with Gasteiger partial charge in [-0.15, -0.1) is 0 Å². The summed E-state index contributed by atoms with van der Waals surface area (Å²) in [6, 6.07) is 8.59. The molecule has 0 saturated heterocycles. The largest absolute Gasteiger partial charge is 0.313 e. The monoisotopic (exact) mass is 238 g/mol. The molecule has 2 rings (SSSR count). The van der Waals surface area contributed by atoms with E-state index in [0.717, 1.165) is 5.02 Å². The molecule has 88 valence electrons. The summed E-state index contributed by atoms with van der Waals surface area (Å²) in [7, 11) is 6.31. The van der Waals surface area contributed by atoms with Crippen LogP contribution in [0.1, 0.15) is 24.4 Å². The third-order valence-corrected chi connectivity index (χ3v) is 3.73. The van der Waals surface area contributed by atoms with E-state index in [1.54, 1.807) is 0 Å². The fourth-order valence-electron chi connectivity index (χ4n) is 2.58. The highest BCUT2D eigenvalue weighted by molar-refractivity contribution is 6.30. The molecule has 1 N–H and O–H groups in total. The molecule has 1 aromatic rings. The van der Waals surface area contributed by atoms with E-state index >= 15 is 0 Å². The van der Waals surface area contributed by atoms with Gasteiger partial charge in [0.2, 0.25) is 0 Å². The summed E-state index contributed by atoms with van der Waals surface area (Å²) >= 11 is 6.07. The van der Waals surface area contributed by atoms with Gasteiger partial charge in [0.15, 0.2) is 0 Å². The fourth-order valence-corrected chi connectivity index (χ4v) is 2.78. The molecule has 16 heavy (non-hydrogen) atoms. The standard InChI is InChI=1S/C13H19ClN2/c1-15-13(7-8-13)12(16(2)3)10-5-4-6-11(14)9-10/h4-6,9,12,15H,7-8H2,1-3H3. The van der Waals surface area contributed by atoms with Crippen molar-refractivity contribution in [1.82, 2.24) is 10.2 Å². The summed E-state index contributed by atoms with van der Waals surface area (Å²) in [6.07, 6.45) is 2.47. The second-order valence-corrected chi connectivity index (χ2v) is 5.26. The average Bonchev–Trinajstić information content (AvgIpc) is 2.99. The number of likely N-dealkylation sites (N-methyl/N-ethyl adjacent to an activating group) is 2. The first-order chi connectivity index (χ1) is 7.59. The predicted octanol–water partition coefficient (Wildman–Crippen LogP) is 2.69. The Balaban J connectivity index is 2.33. The van der Waals surface area contributed by atoms with Crippen molar-refractivity contribution in [2.45, 2.75) is 24.4 Å². The van der Waals surface area contributed by atoms with Gasteiger partial charge in [0.25, 0.3) is 0 Å². The number of hydrogen-bond acceptors (Lipinski definition) is 2. The van der Waals surface area contributed by atoms with Gasteiger partial charge in [-0.1, -0.05) is 23.7 Å². The van der Waals surface area contributed by atoms with Gasteiger partial charge in [-0.05, 0) is 51.7 Å². The molecule has 1 aliphatic rings. The Morgan fingerprint density at radius 3 is 2.50 bits per heavy atom. The maximum absolute atomic E-state index is 6.07. The number of nitrogens with one attached hydrogen (secondary N) is 1. The molecule has 1 unspecified atom stereocenters. The Morgan fingerprint density at radius 2 is 2.06 bits per heavy atom. The molecule has 0 heterocycles. The second-order valence-electron chi connectivity index (χ2n) is 4.83. The van der Waals surface area contributed by atoms with Crippen LogP contribution in [0.2, 0.25) is 5.02 Å². The summed E-state index contributed by atoms with van der Waals surface area (Å²) < 4.78 is 0. The quantitative estimate of drug-likeness (QED) is 0.868. The molecule has 0 bridgehead atoms. The zero-order chi connectivity index (χ0) is 11.8. The zero-order valence-corrected chi connectivity index (χ0v) is 10.9. The minimum atomic E-state index is 0.244. The van der Waals surface area contributed by atoms with Crippen molar-refractivity contribution in [3.05, 3.63) is 34.9 Å². The number of rotatable bonds is 4. The maximum Gasteiger partial charge on any atom is 0.0525 e. The first kappa shape index (κ1) is 11.9. The topological polar surface area (TPSA) is 15.3 Å². The summed E-state index contributed by atoms with van der Waals surface area (Å²) in [6.45, 7) is 0. The molecule has 1 aromatic carbocycles. The fraction of sp³-hybridized carbons (Fsp3) is 0.538. The molecule has 1 atom stereocenters. The molecule has 0 amide bonds. The lowest BCUT2D eigenvalue weighted by molar-refractivity contribution is 0.223. The Bertz CT molecular complexity index is 372. The normalized spacial score (nSPS) is 19.8. The lowest BCUT2D eigenvalue weighted by Crippen LogP contribution is -2.41. The highest BCUT2D eigenvalue weighted by Crippen LogP contribution is 2.48. The third-order valence-electron chi connectivity index (χ3n) is 3.49. The molecule has 1 fully saturated rings. The van der Waals surface area contributed by atoms with Gasteiger partial charge in [-0.25, -0.2) is 0 Å². The van der Waals surface area contributed by atoms with Gasteiger partial charge in [0.1, 0.15) is 0 Å². The van der Waals surface area contributed by atoms with Crippen molar-refractivity contribution in [2.75, 3.05) is 21.1 Å². The number of halogens is 1. The van der Waals surface area contributed by atoms with E-state index in [4.69, 9.17) is 11.6 Å². The molecule has 3 heteroatoms. The first-order valence-electron chi connectivity index (χ1n) is 5.70. The van der Waals surface area contributed by atoms with Gasteiger partial charge in [-0.3, -0.25) is 0 Å². The second kappa shape index (κ2) is 4.36. The minimum absolute atomic E-state index is 0.244. The Morgan fingerprint density at radius 1 is 1.38 bits per heavy atom. The number of hydrogen-bond donors (Lipinski definition) is 1. The molecule has 1 aliphatic carbocycles. The minimum Gasteiger partial charge on any atom is -0.313 e. The van der Waals surface area contributed by atoms with E-state index in [-0.39, 0.29) is 5.54 Å². The predicted molar refractivity (Wildman–Crippen MR) is 68.9 cm³/mol. The lowest BCUT2D eigenvalue weighted by Gasteiger charge is -2.33. The molecular weight excluding hydrogens is 220 g/mol. The van der Waals surface area contributed by atoms with Crippen LogP contribution in [0.3, 0.4) is 0 Å². The first-order valence-corrected chi connectivity index (χ1v) is 6.08. The van der Waals surface area contributed by atoms with Gasteiger partial charge in [0.05, 0.1) is 6.04 Å². The van der Waals surface area contributed by atoms with Crippen LogP contribution in [0.4, 0.5) is 0 Å². The summed E-state index contributed by atoms with van der Waals surface area (Å²) in [5.74, 6) is 0. The smallest absolute Gasteiger partial charge is 0.0525 e. The summed E-state index contributed by atoms with van der Waals surface area (Å²) in [5, 5.41) is 4.28. The van der Waals surface area contributed by atoms with Crippen LogP contribution in [0.15, 0.2) is 24.3 Å². The SMILES string of the molecule is CNC1(C(c2cccc(Cl)c2)N(C)C)CC1. The Labute approximate surface area is 103 Å². The van der Waals surface area contributed by atoms with Crippen molar-refractivity contribution in [1.29, 1.82) is 0 Å². The van der Waals surface area contributed by atoms with Crippen molar-refractivity contribution in [3.8, 4) is 0 Å². The van der Waals surface area contributed by atoms with E-state index in [1.807, 2.05) is 19.2 Å². The Kier molecular flexibility index (Phi) is 3.24. The molecule has 0 radical (unpaired) electrons. The molecule has 0 spiro atoms. The van der Waals surface area contributed by atoms with Crippen LogP contribution in [-0.2, 0) is 0 Å². The zero-order valence-electron chi connectivity index (χ0n) is 10.1. The van der Waals surface area contributed by atoms with E-state index in [1.165, 1.54) is 18.4 Å². The highest BCUT2D eigenvalue weighted by atomic mass is 35.5. The molecular formula is C13H19ClN2. The highest BCUT2D eigenvalue weighted by Gasteiger charge is 2.49. The van der Waals surface area contributed by atoms with Crippen molar-refractivity contribution in [3.63, 3.8) is 0 Å². The third kappa shape index (κ3) is 2.10. The van der Waals surface area contributed by atoms with Crippen LogP contribution in [0.5, 0.6) is 0 Å². The lowest BCUT2D eigenvalue weighted by atomic mass is 9.96. The van der Waals surface area contributed by atoms with Gasteiger partial charge in [0, 0.05) is 10.6 Å². The molecule has 0 aliphatic heterocycles. The van der Waals surface area contributed by atoms with E-state index < -0.39 is 0 Å². The molecule has 2 nitrogen and oxygen atoms in total. The average molecular weight is 239 g/mol. The summed E-state index contributed by atoms with van der Waals surface area (Å²) in [5.41, 5.74) is 1.54. The van der Waals surface area contributed by atoms with Crippen LogP contribution in [0, 0.1) is 0 Å². The molecule has 0 aromatic heterocycles. The van der Waals surface area contributed by atoms with Crippen LogP contribution >= 0.6 is 11.6 Å². The van der Waals surface area contributed by atoms with Gasteiger partial charge >= 0.3 is 0 Å². The van der Waals surface area contributed by atoms with E-state index in [9.17, 15) is 0 Å². The van der Waals surface area contributed by atoms with Crippen molar-refractivity contribution < 1.29 is 0 Å². The van der Waals surface area contributed by atoms with Crippen molar-refractivity contribution >= 4 is 11.6 Å². The Hall–Kier alpha value is -0.570. The van der Waals surface area contributed by atoms with Gasteiger partial charge < -0.3 is 10.2 Å². The van der Waals surface area contributed by atoms with E-state index in [2.05, 4.69) is 36.4 Å². The van der Waals surface area contributed by atoms with Crippen LogP contribution < -0.4 is 5.32 Å². The summed E-state index contributed by atoms with van der Waals surface area (Å²) in [4.78, 5) is 2.27. The van der Waals surface area contributed by atoms with Gasteiger partial charge in [-0.2, -0.15) is 0 Å². The number of nitrogens with zero attached hydrogens (tertiary/aromatic N) is 1. The number of benzene rings is 1. The maximum atomic E-state index is 6.07. The van der Waals surface area contributed by atoms with Crippen molar-refractivity contribution in [2.24, 2.45) is 0 Å².